The molecule has 9 nitrogen and oxygen atoms in total. The maximum absolute atomic E-state index is 14.1. The molecular formula is C33H29F3N4O5. The Kier molecular flexibility index (Phi) is 7.38. The van der Waals surface area contributed by atoms with E-state index in [1.807, 2.05) is 6.07 Å². The highest BCUT2D eigenvalue weighted by Gasteiger charge is 2.35. The van der Waals surface area contributed by atoms with Gasteiger partial charge in [0.05, 0.1) is 42.3 Å². The Labute approximate surface area is 255 Å². The van der Waals surface area contributed by atoms with Crippen LogP contribution in [0.25, 0.3) is 11.3 Å². The Morgan fingerprint density at radius 2 is 1.42 bits per heavy atom. The molecule has 1 aromatic heterocycles. The van der Waals surface area contributed by atoms with E-state index in [1.165, 1.54) is 32.6 Å². The molecule has 0 atom stereocenters. The molecule has 4 aromatic rings. The zero-order valence-electron chi connectivity index (χ0n) is 25.0. The van der Waals surface area contributed by atoms with Crippen molar-refractivity contribution in [1.29, 1.82) is 0 Å². The van der Waals surface area contributed by atoms with Crippen molar-refractivity contribution in [3.8, 4) is 22.8 Å². The van der Waals surface area contributed by atoms with E-state index in [9.17, 15) is 27.6 Å². The Morgan fingerprint density at radius 1 is 0.822 bits per heavy atom. The van der Waals surface area contributed by atoms with Gasteiger partial charge in [-0.05, 0) is 73.4 Å². The molecule has 12 heteroatoms. The third-order valence-corrected chi connectivity index (χ3v) is 8.26. The summed E-state index contributed by atoms with van der Waals surface area (Å²) in [4.78, 5) is 46.1. The Hall–Kier alpha value is -5.13. The number of hydrogen-bond donors (Lipinski definition) is 0. The van der Waals surface area contributed by atoms with E-state index in [2.05, 4.69) is 0 Å². The minimum Gasteiger partial charge on any atom is -0.493 e. The fraction of sp³-hybridized carbons (Fsp3) is 0.273. The largest absolute Gasteiger partial charge is 0.493 e. The number of alkyl halides is 3. The summed E-state index contributed by atoms with van der Waals surface area (Å²) in [6.45, 7) is 3.20. The number of halogens is 3. The number of rotatable bonds is 6. The molecule has 2 aliphatic rings. The van der Waals surface area contributed by atoms with Gasteiger partial charge in [-0.1, -0.05) is 12.1 Å². The average Bonchev–Trinajstić information content (AvgIpc) is 3.25. The minimum absolute atomic E-state index is 0.0824. The van der Waals surface area contributed by atoms with Crippen LogP contribution in [0.2, 0.25) is 0 Å². The molecule has 2 amide bonds. The molecule has 0 radical (unpaired) electrons. The van der Waals surface area contributed by atoms with Gasteiger partial charge in [0.1, 0.15) is 5.49 Å². The minimum atomic E-state index is -4.53. The van der Waals surface area contributed by atoms with E-state index < -0.39 is 29.2 Å². The molecule has 0 unspecified atom stereocenters. The van der Waals surface area contributed by atoms with Crippen LogP contribution in [-0.2, 0) is 25.7 Å². The summed E-state index contributed by atoms with van der Waals surface area (Å²) in [7, 11) is 3.05. The molecule has 3 heterocycles. The molecule has 6 rings (SSSR count). The first-order valence-electron chi connectivity index (χ1n) is 14.2. The van der Waals surface area contributed by atoms with Gasteiger partial charge in [0, 0.05) is 31.3 Å². The third kappa shape index (κ3) is 5.09. The number of benzene rings is 3. The molecule has 0 saturated heterocycles. The number of amides is 2. The first-order valence-corrected chi connectivity index (χ1v) is 14.2. The lowest BCUT2D eigenvalue weighted by Crippen LogP contribution is -2.45. The van der Waals surface area contributed by atoms with E-state index in [0.717, 1.165) is 28.2 Å². The van der Waals surface area contributed by atoms with Crippen molar-refractivity contribution in [2.45, 2.75) is 39.5 Å². The van der Waals surface area contributed by atoms with Gasteiger partial charge in [-0.3, -0.25) is 23.6 Å². The lowest BCUT2D eigenvalue weighted by atomic mass is 9.97. The van der Waals surface area contributed by atoms with Crippen molar-refractivity contribution in [2.24, 2.45) is 4.99 Å². The van der Waals surface area contributed by atoms with Gasteiger partial charge in [0.2, 0.25) is 0 Å². The first kappa shape index (κ1) is 29.9. The summed E-state index contributed by atoms with van der Waals surface area (Å²) >= 11 is 0. The number of imide groups is 1. The van der Waals surface area contributed by atoms with Crippen LogP contribution in [0.15, 0.2) is 64.4 Å². The van der Waals surface area contributed by atoms with Crippen LogP contribution in [0.4, 0.5) is 18.9 Å². The summed E-state index contributed by atoms with van der Waals surface area (Å²) in [6, 6.07) is 13.9. The van der Waals surface area contributed by atoms with Crippen molar-refractivity contribution in [3.63, 3.8) is 0 Å². The van der Waals surface area contributed by atoms with Gasteiger partial charge in [-0.2, -0.15) is 13.2 Å². The first-order chi connectivity index (χ1) is 21.4. The predicted molar refractivity (Wildman–Crippen MR) is 159 cm³/mol. The lowest BCUT2D eigenvalue weighted by molar-refractivity contribution is -0.137. The fourth-order valence-electron chi connectivity index (χ4n) is 6.02. The van der Waals surface area contributed by atoms with Gasteiger partial charge in [0.15, 0.2) is 11.5 Å². The molecule has 0 bridgehead atoms. The molecule has 2 aliphatic heterocycles. The zero-order chi connectivity index (χ0) is 32.2. The molecule has 232 valence electrons. The van der Waals surface area contributed by atoms with Gasteiger partial charge < -0.3 is 9.47 Å². The maximum atomic E-state index is 14.1. The number of nitrogens with zero attached hydrogens (tertiary/aromatic N) is 4. The molecule has 45 heavy (non-hydrogen) atoms. The summed E-state index contributed by atoms with van der Waals surface area (Å²) in [6.07, 6.45) is -4.01. The predicted octanol–water partition coefficient (Wildman–Crippen LogP) is 5.05. The number of fused-ring (bicyclic) bond motifs is 4. The number of carbonyl (C=O) groups is 2. The second-order valence-electron chi connectivity index (χ2n) is 11.0. The standard InChI is InChI=1S/C33H29F3N4O5/c1-18-13-21(33(34,35)36)14-19(2)29(18)37-28-17-25-24-16-27(45-4)26(44-3)15-20(24)9-10-38(25)32(43)39(28)11-12-40-30(41)22-7-5-6-8-23(22)31(40)42/h5-8,13-17H,9-12H2,1-4H3/b37-28+. The van der Waals surface area contributed by atoms with Crippen LogP contribution in [-0.4, -0.2) is 46.6 Å². The number of methoxy groups -OCH3 is 2. The van der Waals surface area contributed by atoms with E-state index in [0.29, 0.717) is 30.2 Å². The average molecular weight is 619 g/mol. The number of aryl methyl sites for hydroxylation is 3. The smallest absolute Gasteiger partial charge is 0.416 e. The van der Waals surface area contributed by atoms with Crippen molar-refractivity contribution in [1.82, 2.24) is 14.0 Å². The van der Waals surface area contributed by atoms with Crippen LogP contribution in [0.3, 0.4) is 0 Å². The van der Waals surface area contributed by atoms with Gasteiger partial charge >= 0.3 is 11.9 Å². The van der Waals surface area contributed by atoms with E-state index in [-0.39, 0.29) is 46.5 Å². The fourth-order valence-corrected chi connectivity index (χ4v) is 6.02. The Morgan fingerprint density at radius 3 is 2.00 bits per heavy atom. The topological polar surface area (TPSA) is 95.1 Å². The van der Waals surface area contributed by atoms with Crippen molar-refractivity contribution < 1.29 is 32.2 Å². The quantitative estimate of drug-likeness (QED) is 0.282. The van der Waals surface area contributed by atoms with Crippen molar-refractivity contribution in [3.05, 3.63) is 104 Å². The normalized spacial score (nSPS) is 14.4. The van der Waals surface area contributed by atoms with Crippen LogP contribution in [0, 0.1) is 13.8 Å². The maximum Gasteiger partial charge on any atom is 0.416 e. The molecule has 0 N–H and O–H groups in total. The summed E-state index contributed by atoms with van der Waals surface area (Å²) in [5, 5.41) is 0. The molecular weight excluding hydrogens is 589 g/mol. The number of aromatic nitrogens is 2. The number of hydrogen-bond acceptors (Lipinski definition) is 6. The summed E-state index contributed by atoms with van der Waals surface area (Å²) < 4.78 is 54.5. The highest BCUT2D eigenvalue weighted by atomic mass is 19.4. The molecule has 0 spiro atoms. The second kappa shape index (κ2) is 11.1. The van der Waals surface area contributed by atoms with Crippen LogP contribution in [0.5, 0.6) is 11.5 Å². The Balaban J connectivity index is 1.52. The SMILES string of the molecule is COc1cc2c(cc1OC)-c1c/c(=N\c3c(C)cc(C(F)(F)F)cc3C)n(CCN3C(=O)c4ccccc4C3=O)c(=O)n1CC2. The van der Waals surface area contributed by atoms with Crippen LogP contribution < -0.4 is 20.7 Å². The second-order valence-corrected chi connectivity index (χ2v) is 11.0. The van der Waals surface area contributed by atoms with Crippen molar-refractivity contribution in [2.75, 3.05) is 20.8 Å². The zero-order valence-corrected chi connectivity index (χ0v) is 25.0. The van der Waals surface area contributed by atoms with Crippen LogP contribution in [0.1, 0.15) is 43.0 Å². The molecule has 0 saturated carbocycles. The number of carbonyl (C=O) groups excluding carboxylic acids is 2. The van der Waals surface area contributed by atoms with Crippen LogP contribution >= 0.6 is 0 Å². The lowest BCUT2D eigenvalue weighted by Gasteiger charge is -2.25. The highest BCUT2D eigenvalue weighted by Crippen LogP contribution is 2.38. The highest BCUT2D eigenvalue weighted by molar-refractivity contribution is 6.21. The number of ether oxygens (including phenoxy) is 2. The molecule has 0 fully saturated rings. The summed E-state index contributed by atoms with van der Waals surface area (Å²) in [5.41, 5.74) is 2.53. The van der Waals surface area contributed by atoms with Gasteiger partial charge in [0.25, 0.3) is 11.8 Å². The van der Waals surface area contributed by atoms with E-state index in [4.69, 9.17) is 14.5 Å². The molecule has 3 aromatic carbocycles. The van der Waals surface area contributed by atoms with E-state index >= 15 is 0 Å². The summed E-state index contributed by atoms with van der Waals surface area (Å²) in [5.74, 6) is 0.0848. The van der Waals surface area contributed by atoms with Gasteiger partial charge in [-0.15, -0.1) is 0 Å². The third-order valence-electron chi connectivity index (χ3n) is 8.26. The van der Waals surface area contributed by atoms with Crippen molar-refractivity contribution >= 4 is 17.5 Å². The van der Waals surface area contributed by atoms with Gasteiger partial charge in [-0.25, -0.2) is 9.79 Å². The monoisotopic (exact) mass is 618 g/mol. The van der Waals surface area contributed by atoms with E-state index in [1.54, 1.807) is 41.0 Å². The molecule has 0 aliphatic carbocycles. The Bertz CT molecular complexity index is 1970.